The molecule has 84 valence electrons. The van der Waals surface area contributed by atoms with Gasteiger partial charge in [0.05, 0.1) is 5.69 Å². The van der Waals surface area contributed by atoms with Gasteiger partial charge in [-0.25, -0.2) is 8.42 Å². The van der Waals surface area contributed by atoms with Gasteiger partial charge in [-0.2, -0.15) is 0 Å². The summed E-state index contributed by atoms with van der Waals surface area (Å²) in [6.45, 7) is 0. The van der Waals surface area contributed by atoms with Crippen LogP contribution in [0.2, 0.25) is 0 Å². The third kappa shape index (κ3) is 1.96. The van der Waals surface area contributed by atoms with E-state index in [1.807, 2.05) is 0 Å². The zero-order chi connectivity index (χ0) is 11.6. The van der Waals surface area contributed by atoms with E-state index in [4.69, 9.17) is 5.73 Å². The van der Waals surface area contributed by atoms with Crippen LogP contribution >= 0.6 is 0 Å². The third-order valence-corrected chi connectivity index (χ3v) is 3.18. The van der Waals surface area contributed by atoms with Crippen molar-refractivity contribution < 1.29 is 12.9 Å². The van der Waals surface area contributed by atoms with Gasteiger partial charge < -0.3 is 10.3 Å². The van der Waals surface area contributed by atoms with E-state index in [1.54, 1.807) is 0 Å². The highest BCUT2D eigenvalue weighted by molar-refractivity contribution is 7.92. The molecule has 0 spiro atoms. The van der Waals surface area contributed by atoms with Crippen LogP contribution in [0.5, 0.6) is 0 Å². The predicted molar refractivity (Wildman–Crippen MR) is 56.0 cm³/mol. The summed E-state index contributed by atoms with van der Waals surface area (Å²) in [6, 6.07) is 2.78. The van der Waals surface area contributed by atoms with Gasteiger partial charge in [0, 0.05) is 18.5 Å². The maximum absolute atomic E-state index is 11.8. The van der Waals surface area contributed by atoms with Crippen molar-refractivity contribution in [1.82, 2.24) is 10.1 Å². The van der Waals surface area contributed by atoms with Crippen molar-refractivity contribution in [2.45, 2.75) is 4.90 Å². The summed E-state index contributed by atoms with van der Waals surface area (Å²) < 4.78 is 30.3. The number of nitrogens with one attached hydrogen (secondary N) is 1. The van der Waals surface area contributed by atoms with Crippen LogP contribution in [0.3, 0.4) is 0 Å². The zero-order valence-corrected chi connectivity index (χ0v) is 8.81. The quantitative estimate of drug-likeness (QED) is 0.805. The second-order valence-electron chi connectivity index (χ2n) is 2.90. The maximum atomic E-state index is 11.8. The lowest BCUT2D eigenvalue weighted by Crippen LogP contribution is -2.15. The number of nitrogens with two attached hydrogens (primary N) is 1. The van der Waals surface area contributed by atoms with Gasteiger partial charge in [0.2, 0.25) is 0 Å². The maximum Gasteiger partial charge on any atom is 0.266 e. The van der Waals surface area contributed by atoms with Gasteiger partial charge in [0.15, 0.2) is 5.82 Å². The van der Waals surface area contributed by atoms with Crippen LogP contribution in [0.15, 0.2) is 40.2 Å². The van der Waals surface area contributed by atoms with Crippen LogP contribution < -0.4 is 10.5 Å². The van der Waals surface area contributed by atoms with Crippen molar-refractivity contribution in [2.24, 2.45) is 0 Å². The Morgan fingerprint density at radius 1 is 1.38 bits per heavy atom. The first-order chi connectivity index (χ1) is 7.59. The summed E-state index contributed by atoms with van der Waals surface area (Å²) in [5, 5.41) is 3.43. The molecule has 0 bridgehead atoms. The lowest BCUT2D eigenvalue weighted by Gasteiger charge is -2.06. The minimum atomic E-state index is -3.77. The minimum absolute atomic E-state index is 0.0863. The first-order valence-corrected chi connectivity index (χ1v) is 5.70. The molecule has 0 saturated carbocycles. The Morgan fingerprint density at radius 2 is 2.19 bits per heavy atom. The Hall–Kier alpha value is -2.09. The fraction of sp³-hybridized carbons (Fsp3) is 0. The summed E-state index contributed by atoms with van der Waals surface area (Å²) >= 11 is 0. The van der Waals surface area contributed by atoms with Gasteiger partial charge in [-0.05, 0) is 6.07 Å². The number of rotatable bonds is 3. The molecule has 7 nitrogen and oxygen atoms in total. The lowest BCUT2D eigenvalue weighted by atomic mass is 10.4. The van der Waals surface area contributed by atoms with E-state index in [0.717, 1.165) is 6.20 Å². The third-order valence-electron chi connectivity index (χ3n) is 1.78. The average molecular weight is 240 g/mol. The second kappa shape index (κ2) is 3.81. The molecule has 0 aromatic carbocycles. The van der Waals surface area contributed by atoms with E-state index in [9.17, 15) is 8.42 Å². The number of pyridine rings is 1. The summed E-state index contributed by atoms with van der Waals surface area (Å²) in [6.07, 6.45) is 3.83. The number of sulfonamides is 1. The molecule has 3 N–H and O–H groups in total. The van der Waals surface area contributed by atoms with E-state index in [2.05, 4.69) is 19.4 Å². The molecular weight excluding hydrogens is 232 g/mol. The first-order valence-electron chi connectivity index (χ1n) is 4.22. The van der Waals surface area contributed by atoms with Crippen LogP contribution in [0.25, 0.3) is 0 Å². The Balaban J connectivity index is 2.37. The number of aromatic nitrogens is 2. The van der Waals surface area contributed by atoms with Gasteiger partial charge in [-0.15, -0.1) is 0 Å². The van der Waals surface area contributed by atoms with E-state index in [1.165, 1.54) is 24.6 Å². The van der Waals surface area contributed by atoms with E-state index in [0.29, 0.717) is 0 Å². The molecule has 0 saturated heterocycles. The molecule has 2 heterocycles. The minimum Gasteiger partial charge on any atom is -0.398 e. The number of hydrogen-bond donors (Lipinski definition) is 2. The highest BCUT2D eigenvalue weighted by atomic mass is 32.2. The SMILES string of the molecule is Nc1ccncc1S(=O)(=O)Nc1ccon1. The molecule has 0 atom stereocenters. The van der Waals surface area contributed by atoms with Gasteiger partial charge in [-0.1, -0.05) is 5.16 Å². The molecule has 2 aromatic rings. The monoisotopic (exact) mass is 240 g/mol. The van der Waals surface area contributed by atoms with E-state index in [-0.39, 0.29) is 16.4 Å². The fourth-order valence-corrected chi connectivity index (χ4v) is 2.14. The standard InChI is InChI=1S/C8H8N4O3S/c9-6-1-3-10-5-7(6)16(13,14)12-8-2-4-15-11-8/h1-5H,(H2,9,10)(H,11,12). The van der Waals surface area contributed by atoms with Crippen molar-refractivity contribution in [3.8, 4) is 0 Å². The molecule has 0 aliphatic rings. The van der Waals surface area contributed by atoms with E-state index < -0.39 is 10.0 Å². The van der Waals surface area contributed by atoms with Crippen molar-refractivity contribution in [3.63, 3.8) is 0 Å². The van der Waals surface area contributed by atoms with Crippen molar-refractivity contribution >= 4 is 21.5 Å². The summed E-state index contributed by atoms with van der Waals surface area (Å²) in [5.74, 6) is 0.0863. The number of anilines is 2. The molecule has 0 amide bonds. The number of hydrogen-bond acceptors (Lipinski definition) is 6. The highest BCUT2D eigenvalue weighted by Gasteiger charge is 2.18. The highest BCUT2D eigenvalue weighted by Crippen LogP contribution is 2.18. The Labute approximate surface area is 91.3 Å². The molecular formula is C8H8N4O3S. The van der Waals surface area contributed by atoms with Crippen LogP contribution in [-0.2, 0) is 10.0 Å². The zero-order valence-electron chi connectivity index (χ0n) is 7.99. The van der Waals surface area contributed by atoms with Crippen LogP contribution in [0.1, 0.15) is 0 Å². The number of nitrogens with zero attached hydrogens (tertiary/aromatic N) is 2. The van der Waals surface area contributed by atoms with Crippen molar-refractivity contribution in [1.29, 1.82) is 0 Å². The van der Waals surface area contributed by atoms with Gasteiger partial charge >= 0.3 is 0 Å². The second-order valence-corrected chi connectivity index (χ2v) is 4.55. The predicted octanol–water partition coefficient (Wildman–Crippen LogP) is 0.453. The van der Waals surface area contributed by atoms with Crippen LogP contribution in [-0.4, -0.2) is 18.6 Å². The molecule has 0 fully saturated rings. The van der Waals surface area contributed by atoms with Crippen molar-refractivity contribution in [2.75, 3.05) is 10.5 Å². The topological polar surface area (TPSA) is 111 Å². The van der Waals surface area contributed by atoms with Gasteiger partial charge in [0.25, 0.3) is 10.0 Å². The molecule has 2 aromatic heterocycles. The smallest absolute Gasteiger partial charge is 0.266 e. The summed E-state index contributed by atoms with van der Waals surface area (Å²) in [4.78, 5) is 3.60. The average Bonchev–Trinajstić information content (AvgIpc) is 2.70. The summed E-state index contributed by atoms with van der Waals surface area (Å²) in [5.41, 5.74) is 5.65. The Bertz CT molecular complexity index is 579. The molecule has 0 aliphatic carbocycles. The molecule has 0 unspecified atom stereocenters. The summed E-state index contributed by atoms with van der Waals surface area (Å²) in [7, 11) is -3.77. The van der Waals surface area contributed by atoms with Gasteiger partial charge in [-0.3, -0.25) is 9.71 Å². The normalized spacial score (nSPS) is 11.2. The molecule has 0 radical (unpaired) electrons. The largest absolute Gasteiger partial charge is 0.398 e. The van der Waals surface area contributed by atoms with Crippen LogP contribution in [0, 0.1) is 0 Å². The number of nitrogen functional groups attached to an aromatic ring is 1. The Kier molecular flexibility index (Phi) is 2.49. The molecule has 16 heavy (non-hydrogen) atoms. The van der Waals surface area contributed by atoms with Crippen molar-refractivity contribution in [3.05, 3.63) is 30.8 Å². The fourth-order valence-electron chi connectivity index (χ4n) is 1.07. The van der Waals surface area contributed by atoms with Crippen LogP contribution in [0.4, 0.5) is 11.5 Å². The molecule has 8 heteroatoms. The van der Waals surface area contributed by atoms with E-state index >= 15 is 0 Å². The Morgan fingerprint density at radius 3 is 2.81 bits per heavy atom. The first kappa shape index (κ1) is 10.4. The van der Waals surface area contributed by atoms with Gasteiger partial charge in [0.1, 0.15) is 11.2 Å². The molecule has 2 rings (SSSR count). The lowest BCUT2D eigenvalue weighted by molar-refractivity contribution is 0.423. The molecule has 0 aliphatic heterocycles.